The Morgan fingerprint density at radius 1 is 0.744 bits per heavy atom. The number of carbonyl (C=O) groups excluding carboxylic acids is 1. The Kier molecular flexibility index (Phi) is 14.4. The summed E-state index contributed by atoms with van der Waals surface area (Å²) in [6, 6.07) is 29.4. The predicted octanol–water partition coefficient (Wildman–Crippen LogP) is 7.98. The summed E-state index contributed by atoms with van der Waals surface area (Å²) in [7, 11) is -0.824. The van der Waals surface area contributed by atoms with Gasteiger partial charge in [0.1, 0.15) is 5.75 Å². The van der Waals surface area contributed by atoms with E-state index in [9.17, 15) is 4.79 Å². The van der Waals surface area contributed by atoms with Crippen molar-refractivity contribution in [1.29, 1.82) is 0 Å². The maximum atomic E-state index is 12.1. The Labute approximate surface area is 260 Å². The van der Waals surface area contributed by atoms with Gasteiger partial charge in [0, 0.05) is 13.0 Å². The Morgan fingerprint density at radius 2 is 1.33 bits per heavy atom. The first kappa shape index (κ1) is 34.0. The van der Waals surface area contributed by atoms with Crippen molar-refractivity contribution < 1.29 is 18.7 Å². The van der Waals surface area contributed by atoms with Crippen LogP contribution in [0, 0.1) is 0 Å². The lowest BCUT2D eigenvalue weighted by Crippen LogP contribution is -2.66. The fraction of sp³-hybridized carbons (Fsp3) is 0.342. The van der Waals surface area contributed by atoms with Crippen molar-refractivity contribution in [3.63, 3.8) is 0 Å². The lowest BCUT2D eigenvalue weighted by molar-refractivity contribution is -0.114. The normalized spacial score (nSPS) is 12.5. The highest BCUT2D eigenvalue weighted by Gasteiger charge is 2.49. The van der Waals surface area contributed by atoms with Crippen LogP contribution in [-0.2, 0) is 20.6 Å². The molecule has 3 aromatic rings. The van der Waals surface area contributed by atoms with Gasteiger partial charge in [-0.1, -0.05) is 124 Å². The Morgan fingerprint density at radius 3 is 1.91 bits per heavy atom. The summed E-state index contributed by atoms with van der Waals surface area (Å²) < 4.78 is 17.8. The maximum Gasteiger partial charge on any atom is 0.261 e. The molecule has 0 saturated carbocycles. The minimum Gasteiger partial charge on any atom is -0.497 e. The number of benzene rings is 3. The summed E-state index contributed by atoms with van der Waals surface area (Å²) in [6.45, 7) is 8.73. The summed E-state index contributed by atoms with van der Waals surface area (Å²) in [6.07, 6.45) is 15.9. The first-order valence-corrected chi connectivity index (χ1v) is 17.2. The second kappa shape index (κ2) is 18.2. The number of hydrogen-bond donors (Lipinski definition) is 0. The number of unbranched alkanes of at least 4 members (excludes halogenated alkanes) is 1. The van der Waals surface area contributed by atoms with Gasteiger partial charge in [0.15, 0.2) is 5.78 Å². The van der Waals surface area contributed by atoms with E-state index in [0.29, 0.717) is 26.2 Å². The van der Waals surface area contributed by atoms with Gasteiger partial charge < -0.3 is 13.9 Å². The highest BCUT2D eigenvalue weighted by atomic mass is 28.4. The summed E-state index contributed by atoms with van der Waals surface area (Å²) >= 11 is 0. The second-order valence-corrected chi connectivity index (χ2v) is 15.9. The van der Waals surface area contributed by atoms with Crippen LogP contribution in [0.2, 0.25) is 5.04 Å². The fourth-order valence-corrected chi connectivity index (χ4v) is 9.73. The molecule has 0 fully saturated rings. The van der Waals surface area contributed by atoms with Crippen LogP contribution in [0.15, 0.2) is 121 Å². The minimum atomic E-state index is -2.48. The van der Waals surface area contributed by atoms with Crippen LogP contribution in [0.5, 0.6) is 5.75 Å². The standard InChI is InChI=1S/C38H48O4Si/c1-38(2,3)43(36-22-13-10-14-23-36,37-24-15-11-16-25-37)42-31-18-9-7-5-6-8-12-20-34(39)21-17-19-30-41-32-33-26-28-35(40-4)29-27-33/h5-7,9-11,13-17,21-29H,8,12,18-20,30-32H2,1-4H3/b6-5+,9-7+,21-17+. The predicted molar refractivity (Wildman–Crippen MR) is 182 cm³/mol. The number of carbonyl (C=O) groups is 1. The molecule has 0 bridgehead atoms. The van der Waals surface area contributed by atoms with Gasteiger partial charge in [-0.2, -0.15) is 0 Å². The first-order chi connectivity index (χ1) is 20.9. The number of ketones is 1. The van der Waals surface area contributed by atoms with Gasteiger partial charge in [0.25, 0.3) is 8.32 Å². The third-order valence-electron chi connectivity index (χ3n) is 7.36. The maximum absolute atomic E-state index is 12.1. The van der Waals surface area contributed by atoms with Crippen molar-refractivity contribution in [3.8, 4) is 5.75 Å². The van der Waals surface area contributed by atoms with Crippen molar-refractivity contribution in [1.82, 2.24) is 0 Å². The fourth-order valence-electron chi connectivity index (χ4n) is 5.15. The van der Waals surface area contributed by atoms with Crippen LogP contribution in [0.25, 0.3) is 0 Å². The molecule has 0 amide bonds. The molecule has 0 aliphatic rings. The van der Waals surface area contributed by atoms with E-state index >= 15 is 0 Å². The Bertz CT molecular complexity index is 1250. The molecule has 5 heteroatoms. The molecule has 0 heterocycles. The zero-order chi connectivity index (χ0) is 30.8. The van der Waals surface area contributed by atoms with Crippen molar-refractivity contribution in [2.75, 3.05) is 20.3 Å². The molecule has 0 aromatic heterocycles. The SMILES string of the molecule is COc1ccc(COCC/C=C/C(=O)CCC/C=C/C=C/CCO[Si](c2ccccc2)(c2ccccc2)C(C)(C)C)cc1. The molecule has 3 aromatic carbocycles. The van der Waals surface area contributed by atoms with Crippen LogP contribution in [-0.4, -0.2) is 34.4 Å². The van der Waals surface area contributed by atoms with Crippen LogP contribution in [0.1, 0.15) is 58.4 Å². The zero-order valence-corrected chi connectivity index (χ0v) is 27.3. The summed E-state index contributed by atoms with van der Waals surface area (Å²) in [5.74, 6) is 1.00. The van der Waals surface area contributed by atoms with E-state index in [1.807, 2.05) is 30.3 Å². The molecule has 228 valence electrons. The molecule has 3 rings (SSSR count). The van der Waals surface area contributed by atoms with Gasteiger partial charge in [-0.3, -0.25) is 4.79 Å². The van der Waals surface area contributed by atoms with Crippen molar-refractivity contribution in [3.05, 3.63) is 127 Å². The van der Waals surface area contributed by atoms with Crippen LogP contribution < -0.4 is 15.1 Å². The van der Waals surface area contributed by atoms with E-state index in [2.05, 4.69) is 106 Å². The molecule has 0 spiro atoms. The largest absolute Gasteiger partial charge is 0.497 e. The number of rotatable bonds is 18. The molecule has 43 heavy (non-hydrogen) atoms. The number of methoxy groups -OCH3 is 1. The van der Waals surface area contributed by atoms with Crippen LogP contribution in [0.4, 0.5) is 0 Å². The highest BCUT2D eigenvalue weighted by Crippen LogP contribution is 2.36. The number of hydrogen-bond acceptors (Lipinski definition) is 4. The summed E-state index contributed by atoms with van der Waals surface area (Å²) in [5, 5.41) is 2.59. The van der Waals surface area contributed by atoms with Crippen molar-refractivity contribution >= 4 is 24.5 Å². The highest BCUT2D eigenvalue weighted by molar-refractivity contribution is 6.99. The molecule has 0 N–H and O–H groups in total. The van der Waals surface area contributed by atoms with Crippen molar-refractivity contribution in [2.24, 2.45) is 0 Å². The smallest absolute Gasteiger partial charge is 0.261 e. The van der Waals surface area contributed by atoms with E-state index in [4.69, 9.17) is 13.9 Å². The third-order valence-corrected chi connectivity index (χ3v) is 12.4. The van der Waals surface area contributed by atoms with Gasteiger partial charge in [-0.25, -0.2) is 0 Å². The molecule has 0 atom stereocenters. The molecular formula is C38H48O4Si. The van der Waals surface area contributed by atoms with E-state index in [1.165, 1.54) is 10.4 Å². The molecule has 0 aliphatic carbocycles. The lowest BCUT2D eigenvalue weighted by Gasteiger charge is -2.43. The first-order valence-electron chi connectivity index (χ1n) is 15.3. The summed E-state index contributed by atoms with van der Waals surface area (Å²) in [4.78, 5) is 12.1. The zero-order valence-electron chi connectivity index (χ0n) is 26.3. The quantitative estimate of drug-likeness (QED) is 0.0647. The number of allylic oxidation sites excluding steroid dienone is 4. The average Bonchev–Trinajstić information content (AvgIpc) is 3.02. The average molecular weight is 597 g/mol. The van der Waals surface area contributed by atoms with E-state index in [0.717, 1.165) is 37.0 Å². The van der Waals surface area contributed by atoms with E-state index < -0.39 is 8.32 Å². The number of ether oxygens (including phenoxy) is 2. The molecule has 0 saturated heterocycles. The van der Waals surface area contributed by atoms with Gasteiger partial charge in [-0.15, -0.1) is 0 Å². The van der Waals surface area contributed by atoms with Crippen molar-refractivity contribution in [2.45, 2.75) is 64.5 Å². The van der Waals surface area contributed by atoms with Crippen LogP contribution >= 0.6 is 0 Å². The van der Waals surface area contributed by atoms with Gasteiger partial charge in [0.2, 0.25) is 0 Å². The monoisotopic (exact) mass is 596 g/mol. The van der Waals surface area contributed by atoms with Gasteiger partial charge in [0.05, 0.1) is 20.3 Å². The topological polar surface area (TPSA) is 44.8 Å². The van der Waals surface area contributed by atoms with Crippen LogP contribution in [0.3, 0.4) is 0 Å². The Balaban J connectivity index is 1.34. The summed E-state index contributed by atoms with van der Waals surface area (Å²) in [5.41, 5.74) is 1.10. The molecular weight excluding hydrogens is 549 g/mol. The lowest BCUT2D eigenvalue weighted by atomic mass is 10.1. The molecule has 4 nitrogen and oxygen atoms in total. The second-order valence-electron chi connectivity index (χ2n) is 11.6. The van der Waals surface area contributed by atoms with Gasteiger partial charge >= 0.3 is 0 Å². The minimum absolute atomic E-state index is 0.0163. The van der Waals surface area contributed by atoms with E-state index in [1.54, 1.807) is 13.2 Å². The molecule has 0 radical (unpaired) electrons. The Hall–Kier alpha value is -3.51. The molecule has 0 unspecified atom stereocenters. The third kappa shape index (κ3) is 10.9. The van der Waals surface area contributed by atoms with E-state index in [-0.39, 0.29) is 10.8 Å². The van der Waals surface area contributed by atoms with Gasteiger partial charge in [-0.05, 0) is 64.9 Å². The molecule has 0 aliphatic heterocycles.